The van der Waals surface area contributed by atoms with E-state index in [1.165, 1.54) is 0 Å². The quantitative estimate of drug-likeness (QED) is 0.673. The number of hydrogen-bond acceptors (Lipinski definition) is 6. The van der Waals surface area contributed by atoms with E-state index in [9.17, 15) is 5.11 Å². The smallest absolute Gasteiger partial charge is 0.197 e. The fourth-order valence-electron chi connectivity index (χ4n) is 3.04. The molecule has 0 amide bonds. The van der Waals surface area contributed by atoms with E-state index < -0.39 is 6.29 Å². The Hall–Kier alpha value is -0.240. The summed E-state index contributed by atoms with van der Waals surface area (Å²) in [6.45, 7) is 3.37. The van der Waals surface area contributed by atoms with Crippen LogP contribution in [-0.2, 0) is 18.9 Å². The summed E-state index contributed by atoms with van der Waals surface area (Å²) in [6.07, 6.45) is -0.757. The van der Waals surface area contributed by atoms with Crippen molar-refractivity contribution in [1.29, 1.82) is 0 Å². The van der Waals surface area contributed by atoms with Crippen molar-refractivity contribution in [3.05, 3.63) is 0 Å². The van der Waals surface area contributed by atoms with Crippen LogP contribution in [0.3, 0.4) is 0 Å². The van der Waals surface area contributed by atoms with Crippen LogP contribution in [0.1, 0.15) is 13.3 Å². The Kier molecular flexibility index (Phi) is 3.10. The third-order valence-corrected chi connectivity index (χ3v) is 3.80. The minimum absolute atomic E-state index is 0.0113. The molecule has 0 radical (unpaired) electrons. The van der Waals surface area contributed by atoms with Crippen LogP contribution in [0, 0.1) is 0 Å². The van der Waals surface area contributed by atoms with Crippen molar-refractivity contribution in [3.8, 4) is 0 Å². The lowest BCUT2D eigenvalue weighted by atomic mass is 9.99. The minimum atomic E-state index is -0.697. The molecule has 3 aliphatic rings. The predicted molar refractivity (Wildman–Crippen MR) is 57.1 cm³/mol. The van der Waals surface area contributed by atoms with E-state index in [1.54, 1.807) is 7.11 Å². The van der Waals surface area contributed by atoms with Gasteiger partial charge < -0.3 is 24.1 Å². The van der Waals surface area contributed by atoms with Gasteiger partial charge in [0.2, 0.25) is 0 Å². The average molecular weight is 245 g/mol. The molecule has 0 aromatic heterocycles. The van der Waals surface area contributed by atoms with Crippen molar-refractivity contribution in [2.45, 2.75) is 50.4 Å². The molecule has 0 aromatic rings. The Morgan fingerprint density at radius 1 is 1.35 bits per heavy atom. The van der Waals surface area contributed by atoms with Crippen molar-refractivity contribution in [2.24, 2.45) is 0 Å². The SMILES string of the molecule is CO[C@H]1OCCN2[C@@H]1O[C@@H]1[C@H](C)O[C@@H](O)C[C@@H]12. The number of morpholine rings is 1. The highest BCUT2D eigenvalue weighted by molar-refractivity contribution is 4.97. The first kappa shape index (κ1) is 11.8. The van der Waals surface area contributed by atoms with Crippen LogP contribution in [0.15, 0.2) is 0 Å². The van der Waals surface area contributed by atoms with Crippen LogP contribution >= 0.6 is 0 Å². The molecule has 3 saturated heterocycles. The zero-order chi connectivity index (χ0) is 12.0. The van der Waals surface area contributed by atoms with Crippen LogP contribution in [-0.4, -0.2) is 67.3 Å². The fourth-order valence-corrected chi connectivity index (χ4v) is 3.04. The summed E-state index contributed by atoms with van der Waals surface area (Å²) < 4.78 is 22.2. The number of aliphatic hydroxyl groups excluding tert-OH is 1. The summed E-state index contributed by atoms with van der Waals surface area (Å²) in [6, 6.07) is 0.195. The van der Waals surface area contributed by atoms with Gasteiger partial charge in [0.1, 0.15) is 6.10 Å². The lowest BCUT2D eigenvalue weighted by Crippen LogP contribution is -2.54. The summed E-state index contributed by atoms with van der Waals surface area (Å²) in [5.74, 6) is 0. The Bertz CT molecular complexity index is 289. The number of methoxy groups -OCH3 is 1. The van der Waals surface area contributed by atoms with E-state index in [1.807, 2.05) is 6.92 Å². The second kappa shape index (κ2) is 4.46. The maximum absolute atomic E-state index is 9.67. The summed E-state index contributed by atoms with van der Waals surface area (Å²) in [7, 11) is 1.62. The van der Waals surface area contributed by atoms with E-state index in [4.69, 9.17) is 18.9 Å². The molecule has 0 saturated carbocycles. The molecule has 0 spiro atoms. The largest absolute Gasteiger partial charge is 0.368 e. The fraction of sp³-hybridized carbons (Fsp3) is 1.00. The maximum Gasteiger partial charge on any atom is 0.197 e. The number of rotatable bonds is 1. The topological polar surface area (TPSA) is 60.4 Å². The van der Waals surface area contributed by atoms with Gasteiger partial charge in [-0.2, -0.15) is 0 Å². The zero-order valence-electron chi connectivity index (χ0n) is 10.1. The van der Waals surface area contributed by atoms with E-state index in [2.05, 4.69) is 4.90 Å². The molecule has 3 heterocycles. The number of ether oxygens (including phenoxy) is 4. The molecule has 17 heavy (non-hydrogen) atoms. The standard InChI is InChI=1S/C11H19NO5/c1-6-9-7(5-8(13)16-6)12-3-4-15-11(14-2)10(12)17-9/h6-11,13H,3-5H2,1-2H3/t6-,7-,8+,9+,10+,11-/m0/s1. The molecule has 6 heteroatoms. The molecular weight excluding hydrogens is 226 g/mol. The predicted octanol–water partition coefficient (Wildman–Crippen LogP) is -0.488. The van der Waals surface area contributed by atoms with Gasteiger partial charge in [-0.1, -0.05) is 0 Å². The van der Waals surface area contributed by atoms with E-state index in [0.29, 0.717) is 13.0 Å². The van der Waals surface area contributed by atoms with Crippen molar-refractivity contribution >= 4 is 0 Å². The Morgan fingerprint density at radius 2 is 2.18 bits per heavy atom. The van der Waals surface area contributed by atoms with Crippen molar-refractivity contribution in [3.63, 3.8) is 0 Å². The first-order valence-corrected chi connectivity index (χ1v) is 6.10. The molecule has 98 valence electrons. The third-order valence-electron chi connectivity index (χ3n) is 3.80. The van der Waals surface area contributed by atoms with Gasteiger partial charge in [0, 0.05) is 26.1 Å². The second-order valence-electron chi connectivity index (χ2n) is 4.80. The van der Waals surface area contributed by atoms with Gasteiger partial charge in [0.15, 0.2) is 18.8 Å². The normalized spacial score (nSPS) is 51.0. The van der Waals surface area contributed by atoms with Crippen LogP contribution in [0.2, 0.25) is 0 Å². The Morgan fingerprint density at radius 3 is 2.94 bits per heavy atom. The van der Waals surface area contributed by atoms with E-state index >= 15 is 0 Å². The molecule has 0 unspecified atom stereocenters. The van der Waals surface area contributed by atoms with Crippen LogP contribution in [0.25, 0.3) is 0 Å². The maximum atomic E-state index is 9.67. The van der Waals surface area contributed by atoms with Gasteiger partial charge in [-0.05, 0) is 6.92 Å². The zero-order valence-corrected chi connectivity index (χ0v) is 10.1. The van der Waals surface area contributed by atoms with Crippen LogP contribution in [0.4, 0.5) is 0 Å². The monoisotopic (exact) mass is 245 g/mol. The van der Waals surface area contributed by atoms with Gasteiger partial charge in [0.25, 0.3) is 0 Å². The Balaban J connectivity index is 1.80. The molecule has 3 aliphatic heterocycles. The molecule has 3 fully saturated rings. The number of aliphatic hydroxyl groups is 1. The number of fused-ring (bicyclic) bond motifs is 3. The lowest BCUT2D eigenvalue weighted by Gasteiger charge is -2.39. The Labute approximate surface area is 100 Å². The molecule has 6 atom stereocenters. The average Bonchev–Trinajstić information content (AvgIpc) is 2.68. The molecule has 1 N–H and O–H groups in total. The number of hydrogen-bond donors (Lipinski definition) is 1. The highest BCUT2D eigenvalue weighted by atomic mass is 16.7. The molecule has 0 bridgehead atoms. The van der Waals surface area contributed by atoms with E-state index in [-0.39, 0.29) is 30.8 Å². The van der Waals surface area contributed by atoms with Gasteiger partial charge in [0.05, 0.1) is 12.7 Å². The second-order valence-corrected chi connectivity index (χ2v) is 4.80. The number of nitrogens with zero attached hydrogens (tertiary/aromatic N) is 1. The van der Waals surface area contributed by atoms with Gasteiger partial charge in [-0.3, -0.25) is 4.90 Å². The molecule has 0 aliphatic carbocycles. The van der Waals surface area contributed by atoms with Crippen LogP contribution in [0.5, 0.6) is 0 Å². The highest BCUT2D eigenvalue weighted by Crippen LogP contribution is 2.37. The summed E-state index contributed by atoms with van der Waals surface area (Å²) in [5, 5.41) is 9.67. The van der Waals surface area contributed by atoms with Gasteiger partial charge in [-0.15, -0.1) is 0 Å². The minimum Gasteiger partial charge on any atom is -0.368 e. The van der Waals surface area contributed by atoms with Crippen LogP contribution < -0.4 is 0 Å². The first-order chi connectivity index (χ1) is 8.20. The molecule has 0 aromatic carbocycles. The van der Waals surface area contributed by atoms with Crippen molar-refractivity contribution < 1.29 is 24.1 Å². The lowest BCUT2D eigenvalue weighted by molar-refractivity contribution is -0.248. The van der Waals surface area contributed by atoms with Gasteiger partial charge in [-0.25, -0.2) is 0 Å². The highest BCUT2D eigenvalue weighted by Gasteiger charge is 2.52. The summed E-state index contributed by atoms with van der Waals surface area (Å²) in [4.78, 5) is 2.23. The van der Waals surface area contributed by atoms with E-state index in [0.717, 1.165) is 6.54 Å². The van der Waals surface area contributed by atoms with Gasteiger partial charge >= 0.3 is 0 Å². The molecular formula is C11H19NO5. The summed E-state index contributed by atoms with van der Waals surface area (Å²) >= 11 is 0. The first-order valence-electron chi connectivity index (χ1n) is 6.10. The molecule has 3 rings (SSSR count). The molecule has 6 nitrogen and oxygen atoms in total. The van der Waals surface area contributed by atoms with Crippen molar-refractivity contribution in [1.82, 2.24) is 4.90 Å². The third kappa shape index (κ3) is 1.89. The van der Waals surface area contributed by atoms with Crippen molar-refractivity contribution in [2.75, 3.05) is 20.3 Å². The summed E-state index contributed by atoms with van der Waals surface area (Å²) in [5.41, 5.74) is 0.